The van der Waals surface area contributed by atoms with Gasteiger partial charge in [-0.2, -0.15) is 5.10 Å². The minimum absolute atomic E-state index is 0.0667. The fourth-order valence-corrected chi connectivity index (χ4v) is 3.59. The first kappa shape index (κ1) is 16.9. The van der Waals surface area contributed by atoms with Gasteiger partial charge in [0.05, 0.1) is 5.69 Å². The minimum Gasteiger partial charge on any atom is -0.334 e. The van der Waals surface area contributed by atoms with E-state index >= 15 is 0 Å². The number of aryl methyl sites for hydroxylation is 2. The Balaban J connectivity index is 1.64. The quantitative estimate of drug-likeness (QED) is 0.724. The summed E-state index contributed by atoms with van der Waals surface area (Å²) in [4.78, 5) is 14.9. The molecule has 0 saturated carbocycles. The van der Waals surface area contributed by atoms with Gasteiger partial charge in [0.15, 0.2) is 0 Å². The van der Waals surface area contributed by atoms with Gasteiger partial charge in [0.2, 0.25) is 0 Å². The van der Waals surface area contributed by atoms with E-state index < -0.39 is 0 Å². The van der Waals surface area contributed by atoms with Gasteiger partial charge in [0.25, 0.3) is 5.91 Å². The summed E-state index contributed by atoms with van der Waals surface area (Å²) < 4.78 is 0. The predicted molar refractivity (Wildman–Crippen MR) is 103 cm³/mol. The average Bonchev–Trinajstić information content (AvgIpc) is 3.06. The Bertz CT molecular complexity index is 993. The zero-order valence-electron chi connectivity index (χ0n) is 14.8. The van der Waals surface area contributed by atoms with Crippen LogP contribution in [0.4, 0.5) is 0 Å². The van der Waals surface area contributed by atoms with Crippen LogP contribution in [0.2, 0.25) is 5.02 Å². The first-order chi connectivity index (χ1) is 12.5. The molecular weight excluding hydrogens is 346 g/mol. The Labute approximate surface area is 157 Å². The Morgan fingerprint density at radius 2 is 2.00 bits per heavy atom. The molecule has 1 N–H and O–H groups in total. The molecule has 0 aliphatic carbocycles. The van der Waals surface area contributed by atoms with Crippen LogP contribution in [0.3, 0.4) is 0 Å². The van der Waals surface area contributed by atoms with E-state index in [4.69, 9.17) is 11.6 Å². The van der Waals surface area contributed by atoms with Gasteiger partial charge in [-0.05, 0) is 49.2 Å². The molecule has 132 valence electrons. The third kappa shape index (κ3) is 3.01. The van der Waals surface area contributed by atoms with Crippen molar-refractivity contribution in [2.75, 3.05) is 6.54 Å². The second kappa shape index (κ2) is 6.61. The summed E-state index contributed by atoms with van der Waals surface area (Å²) in [5.74, 6) is 0.0667. The minimum atomic E-state index is 0.0667. The lowest BCUT2D eigenvalue weighted by molar-refractivity contribution is 0.0734. The van der Waals surface area contributed by atoms with E-state index in [9.17, 15) is 4.79 Å². The molecule has 1 aliphatic heterocycles. The number of aromatic nitrogens is 2. The number of amides is 1. The molecule has 3 aromatic rings. The van der Waals surface area contributed by atoms with Gasteiger partial charge in [-0.3, -0.25) is 9.89 Å². The van der Waals surface area contributed by atoms with Crippen molar-refractivity contribution in [1.29, 1.82) is 0 Å². The molecule has 4 rings (SSSR count). The monoisotopic (exact) mass is 365 g/mol. The number of benzene rings is 2. The van der Waals surface area contributed by atoms with Gasteiger partial charge >= 0.3 is 0 Å². The van der Waals surface area contributed by atoms with Crippen molar-refractivity contribution in [3.63, 3.8) is 0 Å². The Kier molecular flexibility index (Phi) is 4.29. The van der Waals surface area contributed by atoms with Gasteiger partial charge in [-0.1, -0.05) is 29.8 Å². The predicted octanol–water partition coefficient (Wildman–Crippen LogP) is 4.55. The summed E-state index contributed by atoms with van der Waals surface area (Å²) in [5.41, 5.74) is 7.09. The van der Waals surface area contributed by atoms with Gasteiger partial charge in [0, 0.05) is 46.9 Å². The van der Waals surface area contributed by atoms with E-state index in [0.29, 0.717) is 18.1 Å². The van der Waals surface area contributed by atoms with Crippen LogP contribution in [0.25, 0.3) is 11.3 Å². The maximum absolute atomic E-state index is 13.0. The lowest BCUT2D eigenvalue weighted by Crippen LogP contribution is -2.36. The lowest BCUT2D eigenvalue weighted by atomic mass is 9.99. The number of hydrogen-bond donors (Lipinski definition) is 1. The van der Waals surface area contributed by atoms with Crippen LogP contribution >= 0.6 is 11.6 Å². The fraction of sp³-hybridized carbons (Fsp3) is 0.238. The van der Waals surface area contributed by atoms with Crippen molar-refractivity contribution < 1.29 is 4.79 Å². The molecule has 5 heteroatoms. The van der Waals surface area contributed by atoms with Crippen LogP contribution < -0.4 is 0 Å². The average molecular weight is 366 g/mol. The van der Waals surface area contributed by atoms with Crippen LogP contribution in [0.1, 0.15) is 32.7 Å². The molecule has 2 aromatic carbocycles. The number of nitrogens with zero attached hydrogens (tertiary/aromatic N) is 2. The fourth-order valence-electron chi connectivity index (χ4n) is 3.40. The summed E-state index contributed by atoms with van der Waals surface area (Å²) in [6.45, 7) is 5.34. The first-order valence-corrected chi connectivity index (χ1v) is 9.09. The van der Waals surface area contributed by atoms with Gasteiger partial charge in [0.1, 0.15) is 0 Å². The second-order valence-corrected chi connectivity index (χ2v) is 7.25. The highest BCUT2D eigenvalue weighted by atomic mass is 35.5. The van der Waals surface area contributed by atoms with E-state index in [1.807, 2.05) is 54.3 Å². The highest BCUT2D eigenvalue weighted by Crippen LogP contribution is 2.30. The maximum atomic E-state index is 13.0. The van der Waals surface area contributed by atoms with Crippen molar-refractivity contribution in [2.45, 2.75) is 26.8 Å². The number of carbonyl (C=O) groups is 1. The standard InChI is InChI=1S/C21H20ClN3O/c1-13-6-7-16(10-14(13)2)21(26)25-9-8-19-18(12-25)20(24-23-19)15-4-3-5-17(22)11-15/h3-7,10-11H,8-9,12H2,1-2H3,(H,23,24). The highest BCUT2D eigenvalue weighted by molar-refractivity contribution is 6.30. The molecule has 0 unspecified atom stereocenters. The van der Waals surface area contributed by atoms with Crippen LogP contribution in [-0.2, 0) is 13.0 Å². The Morgan fingerprint density at radius 3 is 2.77 bits per heavy atom. The van der Waals surface area contributed by atoms with Crippen molar-refractivity contribution in [1.82, 2.24) is 15.1 Å². The van der Waals surface area contributed by atoms with Crippen molar-refractivity contribution in [2.24, 2.45) is 0 Å². The molecule has 4 nitrogen and oxygen atoms in total. The topological polar surface area (TPSA) is 49.0 Å². The highest BCUT2D eigenvalue weighted by Gasteiger charge is 2.26. The summed E-state index contributed by atoms with van der Waals surface area (Å²) >= 11 is 6.13. The molecule has 1 aromatic heterocycles. The summed E-state index contributed by atoms with van der Waals surface area (Å²) in [6, 6.07) is 13.6. The summed E-state index contributed by atoms with van der Waals surface area (Å²) in [5, 5.41) is 8.29. The van der Waals surface area contributed by atoms with Crippen LogP contribution in [0.5, 0.6) is 0 Å². The van der Waals surface area contributed by atoms with Gasteiger partial charge in [-0.25, -0.2) is 0 Å². The number of aromatic amines is 1. The normalized spacial score (nSPS) is 13.6. The summed E-state index contributed by atoms with van der Waals surface area (Å²) in [7, 11) is 0. The van der Waals surface area contributed by atoms with E-state index in [1.54, 1.807) is 0 Å². The number of fused-ring (bicyclic) bond motifs is 1. The number of nitrogens with one attached hydrogen (secondary N) is 1. The Hall–Kier alpha value is -2.59. The van der Waals surface area contributed by atoms with Crippen LogP contribution in [0.15, 0.2) is 42.5 Å². The number of carbonyl (C=O) groups excluding carboxylic acids is 1. The number of H-pyrrole nitrogens is 1. The number of halogens is 1. The summed E-state index contributed by atoms with van der Waals surface area (Å²) in [6.07, 6.45) is 0.777. The van der Waals surface area contributed by atoms with Crippen molar-refractivity contribution in [3.05, 3.63) is 75.4 Å². The first-order valence-electron chi connectivity index (χ1n) is 8.71. The Morgan fingerprint density at radius 1 is 1.15 bits per heavy atom. The second-order valence-electron chi connectivity index (χ2n) is 6.82. The van der Waals surface area contributed by atoms with Crippen molar-refractivity contribution >= 4 is 17.5 Å². The molecule has 1 amide bonds. The molecule has 0 fully saturated rings. The lowest BCUT2D eigenvalue weighted by Gasteiger charge is -2.27. The van der Waals surface area contributed by atoms with E-state index in [0.717, 1.165) is 40.1 Å². The molecule has 26 heavy (non-hydrogen) atoms. The third-order valence-corrected chi connectivity index (χ3v) is 5.31. The molecule has 0 spiro atoms. The maximum Gasteiger partial charge on any atom is 0.254 e. The molecule has 0 bridgehead atoms. The molecule has 2 heterocycles. The van der Waals surface area contributed by atoms with Gasteiger partial charge < -0.3 is 4.90 Å². The number of hydrogen-bond acceptors (Lipinski definition) is 2. The SMILES string of the molecule is Cc1ccc(C(=O)N2CCc3[nH]nc(-c4cccc(Cl)c4)c3C2)cc1C. The smallest absolute Gasteiger partial charge is 0.254 e. The van der Waals surface area contributed by atoms with Gasteiger partial charge in [-0.15, -0.1) is 0 Å². The van der Waals surface area contributed by atoms with Crippen molar-refractivity contribution in [3.8, 4) is 11.3 Å². The molecular formula is C21H20ClN3O. The molecule has 0 atom stereocenters. The number of rotatable bonds is 2. The van der Waals surface area contributed by atoms with E-state index in [1.165, 1.54) is 5.56 Å². The molecule has 0 radical (unpaired) electrons. The zero-order chi connectivity index (χ0) is 18.3. The zero-order valence-corrected chi connectivity index (χ0v) is 15.6. The largest absolute Gasteiger partial charge is 0.334 e. The van der Waals surface area contributed by atoms with Crippen LogP contribution in [-0.4, -0.2) is 27.5 Å². The third-order valence-electron chi connectivity index (χ3n) is 5.07. The molecule has 0 saturated heterocycles. The molecule has 1 aliphatic rings. The van der Waals surface area contributed by atoms with E-state index in [-0.39, 0.29) is 5.91 Å². The van der Waals surface area contributed by atoms with Crippen LogP contribution in [0, 0.1) is 13.8 Å². The van der Waals surface area contributed by atoms with E-state index in [2.05, 4.69) is 17.1 Å².